The molecule has 1 aromatic rings. The molecule has 0 aromatic heterocycles. The second-order valence-corrected chi connectivity index (χ2v) is 6.96. The normalized spacial score (nSPS) is 11.6. The molecule has 0 radical (unpaired) electrons. The molecule has 4 N–H and O–H groups in total. The molecule has 0 aliphatic carbocycles. The molecule has 0 fully saturated rings. The highest BCUT2D eigenvalue weighted by Crippen LogP contribution is 2.09. The van der Waals surface area contributed by atoms with Crippen LogP contribution in [0.25, 0.3) is 0 Å². The predicted molar refractivity (Wildman–Crippen MR) is 117 cm³/mol. The van der Waals surface area contributed by atoms with E-state index in [1.54, 1.807) is 12.1 Å². The summed E-state index contributed by atoms with van der Waals surface area (Å²) in [7, 11) is 0. The predicted octanol–water partition coefficient (Wildman–Crippen LogP) is -0.370. The van der Waals surface area contributed by atoms with E-state index in [-0.39, 0.29) is 30.3 Å². The molecule has 0 saturated carbocycles. The van der Waals surface area contributed by atoms with E-state index in [9.17, 15) is 19.2 Å². The lowest BCUT2D eigenvalue weighted by atomic mass is 10.0. The molecule has 0 saturated heterocycles. The molecule has 10 heteroatoms. The van der Waals surface area contributed by atoms with E-state index in [0.717, 1.165) is 5.56 Å². The molecule has 1 aromatic carbocycles. The van der Waals surface area contributed by atoms with Gasteiger partial charge in [-0.1, -0.05) is 24.3 Å². The summed E-state index contributed by atoms with van der Waals surface area (Å²) in [6, 6.07) is 5.59. The maximum Gasteiger partial charge on any atom is 0.243 e. The monoisotopic (exact) mass is 451 g/mol. The van der Waals surface area contributed by atoms with E-state index in [4.69, 9.17) is 19.9 Å². The molecule has 10 nitrogen and oxygen atoms in total. The van der Waals surface area contributed by atoms with Gasteiger partial charge in [0.25, 0.3) is 0 Å². The van der Waals surface area contributed by atoms with Crippen molar-refractivity contribution in [2.24, 2.45) is 5.73 Å². The topological polar surface area (TPSA) is 146 Å². The number of carbonyl (C=O) groups excluding carboxylic acids is 4. The van der Waals surface area contributed by atoms with Crippen molar-refractivity contribution in [3.8, 4) is 0 Å². The second-order valence-electron chi connectivity index (χ2n) is 6.96. The van der Waals surface area contributed by atoms with E-state index >= 15 is 0 Å². The smallest absolute Gasteiger partial charge is 0.243 e. The number of Topliss-reactive ketones (excluding diaryl/α,β-unsaturated/α-hetero) is 2. The first-order valence-corrected chi connectivity index (χ1v) is 10.5. The third-order valence-electron chi connectivity index (χ3n) is 4.22. The molecule has 0 heterocycles. The molecule has 0 bridgehead atoms. The van der Waals surface area contributed by atoms with Crippen LogP contribution in [0.5, 0.6) is 0 Å². The minimum Gasteiger partial charge on any atom is -0.378 e. The standard InChI is InChI=1S/C22H33N3O7/c1-16(26)21(28)19-5-3-18(4-6-19)15-20(25-17(2)27)22(29)24-8-10-31-12-14-32-13-11-30-9-7-23/h3-6,20H,7-15,23H2,1-2H3,(H,24,29)(H,25,27). The first kappa shape index (κ1) is 27.4. The zero-order chi connectivity index (χ0) is 23.8. The van der Waals surface area contributed by atoms with Gasteiger partial charge in [0, 0.05) is 38.9 Å². The van der Waals surface area contributed by atoms with Gasteiger partial charge in [0.1, 0.15) is 6.04 Å². The Morgan fingerprint density at radius 2 is 1.44 bits per heavy atom. The fourth-order valence-corrected chi connectivity index (χ4v) is 2.68. The van der Waals surface area contributed by atoms with Crippen molar-refractivity contribution in [1.82, 2.24) is 10.6 Å². The van der Waals surface area contributed by atoms with Crippen molar-refractivity contribution in [3.05, 3.63) is 35.4 Å². The summed E-state index contributed by atoms with van der Waals surface area (Å²) in [6.07, 6.45) is 0.237. The van der Waals surface area contributed by atoms with Gasteiger partial charge in [0.05, 0.1) is 39.6 Å². The van der Waals surface area contributed by atoms with Gasteiger partial charge in [0.2, 0.25) is 17.6 Å². The van der Waals surface area contributed by atoms with Crippen LogP contribution in [0.1, 0.15) is 29.8 Å². The van der Waals surface area contributed by atoms with Crippen LogP contribution in [0.15, 0.2) is 24.3 Å². The molecular formula is C22H33N3O7. The van der Waals surface area contributed by atoms with Crippen LogP contribution in [0.4, 0.5) is 0 Å². The summed E-state index contributed by atoms with van der Waals surface area (Å²) >= 11 is 0. The van der Waals surface area contributed by atoms with Crippen LogP contribution in [-0.2, 0) is 35.0 Å². The number of amides is 2. The van der Waals surface area contributed by atoms with E-state index in [1.165, 1.54) is 26.0 Å². The minimum atomic E-state index is -0.779. The number of rotatable bonds is 17. The molecule has 0 aliphatic rings. The number of carbonyl (C=O) groups is 4. The first-order valence-electron chi connectivity index (χ1n) is 10.5. The average molecular weight is 452 g/mol. The van der Waals surface area contributed by atoms with Gasteiger partial charge in [-0.25, -0.2) is 0 Å². The number of nitrogens with two attached hydrogens (primary N) is 1. The Kier molecular flexibility index (Phi) is 13.7. The van der Waals surface area contributed by atoms with Gasteiger partial charge in [0.15, 0.2) is 5.78 Å². The van der Waals surface area contributed by atoms with Crippen molar-refractivity contribution >= 4 is 23.4 Å². The maximum absolute atomic E-state index is 12.5. The SMILES string of the molecule is CC(=O)NC(Cc1ccc(C(=O)C(C)=O)cc1)C(=O)NCCOCCOCCOCCN. The Morgan fingerprint density at radius 3 is 1.97 bits per heavy atom. The van der Waals surface area contributed by atoms with E-state index in [0.29, 0.717) is 46.2 Å². The fourth-order valence-electron chi connectivity index (χ4n) is 2.68. The quantitative estimate of drug-likeness (QED) is 0.165. The summed E-state index contributed by atoms with van der Waals surface area (Å²) in [5.74, 6) is -1.80. The largest absolute Gasteiger partial charge is 0.378 e. The fraction of sp³-hybridized carbons (Fsp3) is 0.545. The highest BCUT2D eigenvalue weighted by Gasteiger charge is 2.20. The summed E-state index contributed by atoms with van der Waals surface area (Å²) < 4.78 is 15.9. The van der Waals surface area contributed by atoms with Gasteiger partial charge >= 0.3 is 0 Å². The lowest BCUT2D eigenvalue weighted by Gasteiger charge is -2.18. The third kappa shape index (κ3) is 11.7. The van der Waals surface area contributed by atoms with Crippen LogP contribution in [0.3, 0.4) is 0 Å². The van der Waals surface area contributed by atoms with Crippen LogP contribution in [0, 0.1) is 0 Å². The van der Waals surface area contributed by atoms with Crippen LogP contribution in [-0.4, -0.2) is 82.2 Å². The van der Waals surface area contributed by atoms with Gasteiger partial charge < -0.3 is 30.6 Å². The summed E-state index contributed by atoms with van der Waals surface area (Å²) in [5, 5.41) is 5.35. The molecule has 2 amide bonds. The molecule has 1 unspecified atom stereocenters. The highest BCUT2D eigenvalue weighted by atomic mass is 16.5. The highest BCUT2D eigenvalue weighted by molar-refractivity contribution is 6.42. The summed E-state index contributed by atoms with van der Waals surface area (Å²) in [5.41, 5.74) is 6.33. The zero-order valence-corrected chi connectivity index (χ0v) is 18.7. The Balaban J connectivity index is 2.37. The zero-order valence-electron chi connectivity index (χ0n) is 18.7. The molecule has 0 spiro atoms. The molecule has 178 valence electrons. The number of nitrogens with one attached hydrogen (secondary N) is 2. The number of hydrogen-bond acceptors (Lipinski definition) is 8. The van der Waals surface area contributed by atoms with Crippen molar-refractivity contribution in [2.75, 3.05) is 52.7 Å². The Hall–Kier alpha value is -2.66. The van der Waals surface area contributed by atoms with Gasteiger partial charge in [-0.3, -0.25) is 19.2 Å². The van der Waals surface area contributed by atoms with Crippen LogP contribution >= 0.6 is 0 Å². The van der Waals surface area contributed by atoms with Crippen molar-refractivity contribution in [1.29, 1.82) is 0 Å². The Morgan fingerprint density at radius 1 is 0.875 bits per heavy atom. The van der Waals surface area contributed by atoms with E-state index < -0.39 is 17.6 Å². The molecule has 32 heavy (non-hydrogen) atoms. The van der Waals surface area contributed by atoms with Gasteiger partial charge in [-0.15, -0.1) is 0 Å². The van der Waals surface area contributed by atoms with Crippen LogP contribution < -0.4 is 16.4 Å². The second kappa shape index (κ2) is 16.0. The van der Waals surface area contributed by atoms with Gasteiger partial charge in [-0.2, -0.15) is 0 Å². The lowest BCUT2D eigenvalue weighted by Crippen LogP contribution is -2.48. The molecule has 0 aliphatic heterocycles. The first-order chi connectivity index (χ1) is 15.3. The van der Waals surface area contributed by atoms with E-state index in [2.05, 4.69) is 10.6 Å². The van der Waals surface area contributed by atoms with E-state index in [1.807, 2.05) is 0 Å². The van der Waals surface area contributed by atoms with Gasteiger partial charge in [-0.05, 0) is 5.56 Å². The lowest BCUT2D eigenvalue weighted by molar-refractivity contribution is -0.128. The third-order valence-corrected chi connectivity index (χ3v) is 4.22. The molecular weight excluding hydrogens is 418 g/mol. The number of benzene rings is 1. The molecule has 1 atom stereocenters. The Labute approximate surface area is 188 Å². The van der Waals surface area contributed by atoms with Crippen molar-refractivity contribution in [3.63, 3.8) is 0 Å². The molecule has 1 rings (SSSR count). The number of ketones is 2. The Bertz CT molecular complexity index is 738. The van der Waals surface area contributed by atoms with Crippen molar-refractivity contribution in [2.45, 2.75) is 26.3 Å². The minimum absolute atomic E-state index is 0.237. The average Bonchev–Trinajstić information content (AvgIpc) is 2.76. The maximum atomic E-state index is 12.5. The van der Waals surface area contributed by atoms with Crippen LogP contribution in [0.2, 0.25) is 0 Å². The number of ether oxygens (including phenoxy) is 3. The number of hydrogen-bond donors (Lipinski definition) is 3. The van der Waals surface area contributed by atoms with Crippen molar-refractivity contribution < 1.29 is 33.4 Å². The summed E-state index contributed by atoms with van der Waals surface area (Å²) in [4.78, 5) is 46.9. The summed E-state index contributed by atoms with van der Waals surface area (Å²) in [6.45, 7) is 5.84.